The minimum Gasteiger partial charge on any atom is -0.465 e. The van der Waals surface area contributed by atoms with Crippen LogP contribution in [0.25, 0.3) is 10.2 Å². The lowest BCUT2D eigenvalue weighted by atomic mass is 9.95. The summed E-state index contributed by atoms with van der Waals surface area (Å²) >= 11 is 1.56. The Balaban J connectivity index is 2.44. The molecule has 18 heavy (non-hydrogen) atoms. The van der Waals surface area contributed by atoms with Crippen molar-refractivity contribution in [3.05, 3.63) is 28.8 Å². The van der Waals surface area contributed by atoms with E-state index in [1.54, 1.807) is 11.3 Å². The maximum atomic E-state index is 12.0. The first-order valence-corrected chi connectivity index (χ1v) is 6.81. The summed E-state index contributed by atoms with van der Waals surface area (Å²) in [5, 5.41) is 0.807. The number of carbonyl (C=O) groups excluding carboxylic acids is 1. The molecule has 0 saturated heterocycles. The van der Waals surface area contributed by atoms with E-state index in [9.17, 15) is 4.79 Å². The Kier molecular flexibility index (Phi) is 3.39. The molecule has 0 aliphatic carbocycles. The van der Waals surface area contributed by atoms with Crippen molar-refractivity contribution < 1.29 is 9.53 Å². The molecule has 0 saturated carbocycles. The zero-order chi connectivity index (χ0) is 13.3. The number of thiazole rings is 1. The number of aryl methyl sites for hydroxylation is 1. The van der Waals surface area contributed by atoms with Gasteiger partial charge in [-0.1, -0.05) is 6.07 Å². The molecular weight excluding hydrogens is 246 g/mol. The normalized spacial score (nSPS) is 11.8. The second-order valence-electron chi connectivity index (χ2n) is 4.84. The van der Waals surface area contributed by atoms with Crippen LogP contribution in [0.15, 0.2) is 18.2 Å². The molecule has 0 aliphatic heterocycles. The van der Waals surface area contributed by atoms with E-state index in [0.717, 1.165) is 15.2 Å². The van der Waals surface area contributed by atoms with Crippen LogP contribution in [0, 0.1) is 6.92 Å². The number of benzene rings is 1. The fraction of sp³-hybridized carbons (Fsp3) is 0.429. The van der Waals surface area contributed by atoms with Crippen molar-refractivity contribution in [2.75, 3.05) is 6.61 Å². The van der Waals surface area contributed by atoms with Crippen molar-refractivity contribution in [2.24, 2.45) is 0 Å². The first-order chi connectivity index (χ1) is 8.45. The van der Waals surface area contributed by atoms with Crippen molar-refractivity contribution in [2.45, 2.75) is 33.1 Å². The summed E-state index contributed by atoms with van der Waals surface area (Å²) in [5.74, 6) is -0.222. The van der Waals surface area contributed by atoms with Crippen LogP contribution in [0.1, 0.15) is 31.3 Å². The van der Waals surface area contributed by atoms with Gasteiger partial charge in [-0.25, -0.2) is 4.98 Å². The lowest BCUT2D eigenvalue weighted by Crippen LogP contribution is -2.30. The molecule has 0 amide bonds. The summed E-state index contributed by atoms with van der Waals surface area (Å²) in [6, 6.07) is 6.12. The summed E-state index contributed by atoms with van der Waals surface area (Å²) in [6.07, 6.45) is 0. The Bertz CT molecular complexity index is 586. The van der Waals surface area contributed by atoms with Gasteiger partial charge in [-0.3, -0.25) is 4.79 Å². The predicted molar refractivity (Wildman–Crippen MR) is 74.0 cm³/mol. The van der Waals surface area contributed by atoms with Crippen molar-refractivity contribution in [1.82, 2.24) is 4.98 Å². The third kappa shape index (κ3) is 2.25. The smallest absolute Gasteiger partial charge is 0.318 e. The van der Waals surface area contributed by atoms with Crippen LogP contribution in [0.4, 0.5) is 0 Å². The topological polar surface area (TPSA) is 39.2 Å². The van der Waals surface area contributed by atoms with E-state index in [4.69, 9.17) is 4.74 Å². The molecule has 1 aromatic carbocycles. The van der Waals surface area contributed by atoms with Crippen molar-refractivity contribution in [1.29, 1.82) is 0 Å². The number of nitrogens with zero attached hydrogens (tertiary/aromatic N) is 1. The van der Waals surface area contributed by atoms with Crippen LogP contribution in [-0.2, 0) is 14.9 Å². The number of hydrogen-bond donors (Lipinski definition) is 0. The molecular formula is C14H17NO2S. The summed E-state index contributed by atoms with van der Waals surface area (Å²) in [5.41, 5.74) is 1.46. The van der Waals surface area contributed by atoms with Gasteiger partial charge in [-0.15, -0.1) is 11.3 Å². The van der Waals surface area contributed by atoms with Crippen LogP contribution < -0.4 is 0 Å². The number of fused-ring (bicyclic) bond motifs is 1. The third-order valence-electron chi connectivity index (χ3n) is 2.86. The van der Waals surface area contributed by atoms with Gasteiger partial charge >= 0.3 is 5.97 Å². The lowest BCUT2D eigenvalue weighted by Gasteiger charge is -2.19. The summed E-state index contributed by atoms with van der Waals surface area (Å²) in [4.78, 5) is 16.5. The number of rotatable bonds is 3. The number of aromatic nitrogens is 1. The van der Waals surface area contributed by atoms with Gasteiger partial charge < -0.3 is 4.74 Å². The molecule has 4 heteroatoms. The molecule has 0 N–H and O–H groups in total. The fourth-order valence-corrected chi connectivity index (χ4v) is 2.85. The second-order valence-corrected chi connectivity index (χ2v) is 5.87. The quantitative estimate of drug-likeness (QED) is 0.796. The van der Waals surface area contributed by atoms with E-state index in [0.29, 0.717) is 6.61 Å². The Hall–Kier alpha value is -1.42. The number of carbonyl (C=O) groups is 1. The maximum Gasteiger partial charge on any atom is 0.318 e. The van der Waals surface area contributed by atoms with Gasteiger partial charge in [0.15, 0.2) is 0 Å². The van der Waals surface area contributed by atoms with Crippen LogP contribution in [0.5, 0.6) is 0 Å². The van der Waals surface area contributed by atoms with Gasteiger partial charge in [-0.05, 0) is 45.4 Å². The van der Waals surface area contributed by atoms with Crippen molar-refractivity contribution >= 4 is 27.5 Å². The molecule has 0 aliphatic rings. The van der Waals surface area contributed by atoms with E-state index in [1.807, 2.05) is 32.9 Å². The highest BCUT2D eigenvalue weighted by Gasteiger charge is 2.34. The lowest BCUT2D eigenvalue weighted by molar-refractivity contribution is -0.148. The van der Waals surface area contributed by atoms with Crippen molar-refractivity contribution in [3.63, 3.8) is 0 Å². The van der Waals surface area contributed by atoms with Gasteiger partial charge in [-0.2, -0.15) is 0 Å². The summed E-state index contributed by atoms with van der Waals surface area (Å²) < 4.78 is 6.22. The highest BCUT2D eigenvalue weighted by molar-refractivity contribution is 7.18. The largest absolute Gasteiger partial charge is 0.465 e. The average molecular weight is 263 g/mol. The van der Waals surface area contributed by atoms with Crippen molar-refractivity contribution in [3.8, 4) is 0 Å². The van der Waals surface area contributed by atoms with Crippen LogP contribution in [-0.4, -0.2) is 17.6 Å². The van der Waals surface area contributed by atoms with E-state index in [1.165, 1.54) is 5.56 Å². The number of hydrogen-bond acceptors (Lipinski definition) is 4. The Morgan fingerprint density at radius 2 is 2.17 bits per heavy atom. The van der Waals surface area contributed by atoms with Crippen LogP contribution >= 0.6 is 11.3 Å². The Morgan fingerprint density at radius 3 is 2.83 bits per heavy atom. The van der Waals surface area contributed by atoms with E-state index in [2.05, 4.69) is 18.0 Å². The zero-order valence-electron chi connectivity index (χ0n) is 11.1. The standard InChI is InChI=1S/C14H17NO2S/c1-5-17-13(16)14(3,4)12-15-10-7-6-9(2)8-11(10)18-12/h6-8H,5H2,1-4H3. The molecule has 0 spiro atoms. The van der Waals surface area contributed by atoms with Gasteiger partial charge in [0.25, 0.3) is 0 Å². The number of esters is 1. The SMILES string of the molecule is CCOC(=O)C(C)(C)c1nc2ccc(C)cc2s1. The maximum absolute atomic E-state index is 12.0. The van der Waals surface area contributed by atoms with Gasteiger partial charge in [0.1, 0.15) is 10.4 Å². The van der Waals surface area contributed by atoms with Crippen LogP contribution in [0.3, 0.4) is 0 Å². The monoisotopic (exact) mass is 263 g/mol. The highest BCUT2D eigenvalue weighted by Crippen LogP contribution is 2.32. The molecule has 0 atom stereocenters. The summed E-state index contributed by atoms with van der Waals surface area (Å²) in [6.45, 7) is 7.97. The van der Waals surface area contributed by atoms with Gasteiger partial charge in [0, 0.05) is 0 Å². The van der Waals surface area contributed by atoms with Crippen LogP contribution in [0.2, 0.25) is 0 Å². The molecule has 1 heterocycles. The molecule has 2 aromatic rings. The predicted octanol–water partition coefficient (Wildman–Crippen LogP) is 3.45. The van der Waals surface area contributed by atoms with Gasteiger partial charge in [0.05, 0.1) is 16.8 Å². The molecule has 0 bridgehead atoms. The fourth-order valence-electron chi connectivity index (χ4n) is 1.70. The highest BCUT2D eigenvalue weighted by atomic mass is 32.1. The first-order valence-electron chi connectivity index (χ1n) is 6.00. The first kappa shape index (κ1) is 13.0. The molecule has 3 nitrogen and oxygen atoms in total. The van der Waals surface area contributed by atoms with E-state index < -0.39 is 5.41 Å². The van der Waals surface area contributed by atoms with Gasteiger partial charge in [0.2, 0.25) is 0 Å². The minimum absolute atomic E-state index is 0.222. The zero-order valence-corrected chi connectivity index (χ0v) is 11.9. The number of ether oxygens (including phenoxy) is 1. The Labute approximate surface area is 111 Å². The van der Waals surface area contributed by atoms with E-state index in [-0.39, 0.29) is 5.97 Å². The molecule has 2 rings (SSSR count). The molecule has 0 fully saturated rings. The third-order valence-corrected chi connectivity index (χ3v) is 4.21. The molecule has 0 unspecified atom stereocenters. The molecule has 1 aromatic heterocycles. The van der Waals surface area contributed by atoms with E-state index >= 15 is 0 Å². The molecule has 96 valence electrons. The average Bonchev–Trinajstić information content (AvgIpc) is 2.72. The minimum atomic E-state index is -0.687. The molecule has 0 radical (unpaired) electrons. The second kappa shape index (κ2) is 4.69. The summed E-state index contributed by atoms with van der Waals surface area (Å²) in [7, 11) is 0. The Morgan fingerprint density at radius 1 is 1.44 bits per heavy atom.